The second-order valence-electron chi connectivity index (χ2n) is 6.75. The lowest BCUT2D eigenvalue weighted by Gasteiger charge is -2.46. The Morgan fingerprint density at radius 3 is 2.50 bits per heavy atom. The van der Waals surface area contributed by atoms with Crippen molar-refractivity contribution in [2.24, 2.45) is 5.92 Å². The summed E-state index contributed by atoms with van der Waals surface area (Å²) < 4.78 is 32.2. The van der Waals surface area contributed by atoms with Gasteiger partial charge in [-0.05, 0) is 30.5 Å². The van der Waals surface area contributed by atoms with E-state index < -0.39 is 14.6 Å². The molecule has 0 N–H and O–H groups in total. The van der Waals surface area contributed by atoms with Gasteiger partial charge in [0.2, 0.25) is 0 Å². The minimum absolute atomic E-state index is 0.177. The van der Waals surface area contributed by atoms with Crippen LogP contribution in [0.3, 0.4) is 0 Å². The van der Waals surface area contributed by atoms with E-state index in [1.54, 1.807) is 24.3 Å². The van der Waals surface area contributed by atoms with Gasteiger partial charge in [-0.25, -0.2) is 8.42 Å². The van der Waals surface area contributed by atoms with Crippen LogP contribution in [-0.4, -0.2) is 19.8 Å². The summed E-state index contributed by atoms with van der Waals surface area (Å²) in [6.07, 6.45) is 4.77. The lowest BCUT2D eigenvalue weighted by atomic mass is 9.74. The Morgan fingerprint density at radius 2 is 1.71 bits per heavy atom. The molecule has 1 unspecified atom stereocenters. The van der Waals surface area contributed by atoms with Gasteiger partial charge in [0.15, 0.2) is 9.84 Å². The van der Waals surface area contributed by atoms with Crippen molar-refractivity contribution in [2.75, 3.05) is 6.61 Å². The average molecular weight is 340 g/mol. The highest BCUT2D eigenvalue weighted by atomic mass is 32.2. The van der Waals surface area contributed by atoms with Gasteiger partial charge in [-0.2, -0.15) is 0 Å². The van der Waals surface area contributed by atoms with Gasteiger partial charge >= 0.3 is 0 Å². The predicted octanol–water partition coefficient (Wildman–Crippen LogP) is 3.97. The molecular weight excluding hydrogens is 320 g/mol. The molecule has 0 bridgehead atoms. The standard InChI is InChI=1S/C20H20O3S/c1-15-11-12-18-17-9-5-6-10-19(17)23-14-20(18,13-15)24(21,22)16-7-3-2-4-8-16/h2-12,15,18H,13-14H2,1H3/t15?,18-,20-/m0/s1. The molecule has 0 fully saturated rings. The number of fused-ring (bicyclic) bond motifs is 3. The SMILES string of the molecule is CC1C=C[C@H]2c3ccccc3OC[C@@]2(S(=O)(=O)c2ccccc2)C1. The van der Waals surface area contributed by atoms with Crippen LogP contribution in [0.2, 0.25) is 0 Å². The van der Waals surface area contributed by atoms with Crippen LogP contribution >= 0.6 is 0 Å². The van der Waals surface area contributed by atoms with Gasteiger partial charge in [0.05, 0.1) is 4.90 Å². The maximum Gasteiger partial charge on any atom is 0.188 e. The van der Waals surface area contributed by atoms with Crippen molar-refractivity contribution in [2.45, 2.75) is 28.9 Å². The molecule has 4 rings (SSSR count). The molecule has 2 aliphatic rings. The molecule has 0 amide bonds. The Morgan fingerprint density at radius 1 is 1.00 bits per heavy atom. The number of rotatable bonds is 2. The van der Waals surface area contributed by atoms with Crippen LogP contribution in [0.15, 0.2) is 71.6 Å². The van der Waals surface area contributed by atoms with Crippen molar-refractivity contribution in [3.05, 3.63) is 72.3 Å². The van der Waals surface area contributed by atoms with Crippen LogP contribution < -0.4 is 4.74 Å². The van der Waals surface area contributed by atoms with Crippen molar-refractivity contribution >= 4 is 9.84 Å². The van der Waals surface area contributed by atoms with Gasteiger partial charge in [0.1, 0.15) is 17.1 Å². The number of ether oxygens (including phenoxy) is 1. The Hall–Kier alpha value is -2.07. The maximum atomic E-state index is 13.6. The summed E-state index contributed by atoms with van der Waals surface area (Å²) in [5.74, 6) is 0.818. The number of hydrogen-bond donors (Lipinski definition) is 0. The van der Waals surface area contributed by atoms with E-state index in [1.165, 1.54) is 0 Å². The second-order valence-corrected chi connectivity index (χ2v) is 9.04. The molecule has 0 spiro atoms. The van der Waals surface area contributed by atoms with E-state index in [1.807, 2.05) is 30.3 Å². The van der Waals surface area contributed by atoms with Gasteiger partial charge in [0.25, 0.3) is 0 Å². The van der Waals surface area contributed by atoms with E-state index in [4.69, 9.17) is 4.74 Å². The summed E-state index contributed by atoms with van der Waals surface area (Å²) in [5.41, 5.74) is 0.964. The number of hydrogen-bond acceptors (Lipinski definition) is 3. The molecule has 4 heteroatoms. The number of para-hydroxylation sites is 1. The maximum absolute atomic E-state index is 13.6. The summed E-state index contributed by atoms with van der Waals surface area (Å²) in [6.45, 7) is 2.26. The first-order valence-corrected chi connectivity index (χ1v) is 9.73. The zero-order valence-electron chi connectivity index (χ0n) is 13.6. The van der Waals surface area contributed by atoms with Gasteiger partial charge < -0.3 is 4.74 Å². The molecule has 2 aromatic carbocycles. The molecule has 3 nitrogen and oxygen atoms in total. The number of allylic oxidation sites excluding steroid dienone is 2. The first-order chi connectivity index (χ1) is 11.5. The van der Waals surface area contributed by atoms with E-state index in [-0.39, 0.29) is 18.4 Å². The first kappa shape index (κ1) is 15.5. The highest BCUT2D eigenvalue weighted by molar-refractivity contribution is 7.93. The van der Waals surface area contributed by atoms with Crippen LogP contribution in [0.25, 0.3) is 0 Å². The third kappa shape index (κ3) is 2.13. The molecule has 0 saturated carbocycles. The monoisotopic (exact) mass is 340 g/mol. The zero-order valence-corrected chi connectivity index (χ0v) is 14.4. The lowest BCUT2D eigenvalue weighted by Crippen LogP contribution is -2.53. The van der Waals surface area contributed by atoms with Gasteiger partial charge in [-0.15, -0.1) is 0 Å². The minimum Gasteiger partial charge on any atom is -0.492 e. The van der Waals surface area contributed by atoms with Crippen LogP contribution in [-0.2, 0) is 9.84 Å². The lowest BCUT2D eigenvalue weighted by molar-refractivity contribution is 0.200. The molecule has 24 heavy (non-hydrogen) atoms. The molecule has 0 radical (unpaired) electrons. The van der Waals surface area contributed by atoms with E-state index >= 15 is 0 Å². The average Bonchev–Trinajstić information content (AvgIpc) is 2.61. The third-order valence-electron chi connectivity index (χ3n) is 5.18. The second kappa shape index (κ2) is 5.49. The molecule has 1 heterocycles. The molecule has 3 atom stereocenters. The van der Waals surface area contributed by atoms with Crippen LogP contribution in [0.1, 0.15) is 24.8 Å². The van der Waals surface area contributed by atoms with Crippen LogP contribution in [0, 0.1) is 5.92 Å². The quantitative estimate of drug-likeness (QED) is 0.777. The fourth-order valence-electron chi connectivity index (χ4n) is 4.01. The van der Waals surface area contributed by atoms with Crippen molar-refractivity contribution in [3.8, 4) is 5.75 Å². The summed E-state index contributed by atoms with van der Waals surface area (Å²) in [5, 5.41) is 0. The Balaban J connectivity index is 1.93. The van der Waals surface area contributed by atoms with Crippen molar-refractivity contribution in [1.82, 2.24) is 0 Å². The summed E-state index contributed by atoms with van der Waals surface area (Å²) in [4.78, 5) is 0.375. The molecule has 0 aromatic heterocycles. The Bertz CT molecular complexity index is 886. The van der Waals surface area contributed by atoms with Gasteiger partial charge in [-0.3, -0.25) is 0 Å². The van der Waals surface area contributed by atoms with E-state index in [0.717, 1.165) is 11.3 Å². The molecule has 2 aromatic rings. The molecule has 1 aliphatic carbocycles. The normalized spacial score (nSPS) is 28.5. The molecular formula is C20H20O3S. The third-order valence-corrected chi connectivity index (χ3v) is 7.68. The van der Waals surface area contributed by atoms with E-state index in [9.17, 15) is 8.42 Å². The fourth-order valence-corrected chi connectivity index (χ4v) is 6.23. The molecule has 0 saturated heterocycles. The van der Waals surface area contributed by atoms with E-state index in [2.05, 4.69) is 19.1 Å². The molecule has 124 valence electrons. The predicted molar refractivity (Wildman–Crippen MR) is 94.0 cm³/mol. The van der Waals surface area contributed by atoms with Crippen molar-refractivity contribution in [1.29, 1.82) is 0 Å². The van der Waals surface area contributed by atoms with Crippen molar-refractivity contribution < 1.29 is 13.2 Å². The van der Waals surface area contributed by atoms with Crippen molar-refractivity contribution in [3.63, 3.8) is 0 Å². The smallest absolute Gasteiger partial charge is 0.188 e. The van der Waals surface area contributed by atoms with Crippen LogP contribution in [0.4, 0.5) is 0 Å². The topological polar surface area (TPSA) is 43.4 Å². The van der Waals surface area contributed by atoms with Gasteiger partial charge in [0, 0.05) is 11.5 Å². The largest absolute Gasteiger partial charge is 0.492 e. The summed E-state index contributed by atoms with van der Waals surface area (Å²) in [6, 6.07) is 16.5. The number of sulfone groups is 1. The highest BCUT2D eigenvalue weighted by Gasteiger charge is 2.55. The van der Waals surface area contributed by atoms with E-state index in [0.29, 0.717) is 11.3 Å². The summed E-state index contributed by atoms with van der Waals surface area (Å²) >= 11 is 0. The number of benzene rings is 2. The summed E-state index contributed by atoms with van der Waals surface area (Å²) in [7, 11) is -3.54. The first-order valence-electron chi connectivity index (χ1n) is 8.24. The van der Waals surface area contributed by atoms with Gasteiger partial charge in [-0.1, -0.05) is 55.5 Å². The minimum atomic E-state index is -3.54. The molecule has 1 aliphatic heterocycles. The Kier molecular flexibility index (Phi) is 3.53. The van der Waals surface area contributed by atoms with Crippen LogP contribution in [0.5, 0.6) is 5.75 Å². The highest BCUT2D eigenvalue weighted by Crippen LogP contribution is 2.51. The zero-order chi connectivity index (χ0) is 16.8. The fraction of sp³-hybridized carbons (Fsp3) is 0.300. The Labute approximate surface area is 142 Å².